The van der Waals surface area contributed by atoms with Crippen molar-refractivity contribution in [3.05, 3.63) is 48.7 Å². The van der Waals surface area contributed by atoms with Crippen LogP contribution < -0.4 is 10.2 Å². The summed E-state index contributed by atoms with van der Waals surface area (Å²) in [6, 6.07) is 7.11. The van der Waals surface area contributed by atoms with Crippen LogP contribution in [0.1, 0.15) is 32.3 Å². The van der Waals surface area contributed by atoms with Gasteiger partial charge in [-0.25, -0.2) is 15.0 Å². The van der Waals surface area contributed by atoms with Gasteiger partial charge < -0.3 is 10.2 Å². The van der Waals surface area contributed by atoms with Crippen LogP contribution in [0.4, 0.5) is 11.6 Å². The van der Waals surface area contributed by atoms with Crippen LogP contribution in [0.3, 0.4) is 0 Å². The maximum atomic E-state index is 4.65. The Bertz CT molecular complexity index is 856. The third kappa shape index (κ3) is 3.12. The molecule has 0 radical (unpaired) electrons. The monoisotopic (exact) mass is 334 g/mol. The second kappa shape index (κ2) is 6.63. The Balaban J connectivity index is 1.66. The summed E-state index contributed by atoms with van der Waals surface area (Å²) in [7, 11) is 0. The average molecular weight is 334 g/mol. The van der Waals surface area contributed by atoms with Gasteiger partial charge in [0.25, 0.3) is 0 Å². The largest absolute Gasteiger partial charge is 0.365 e. The molecule has 25 heavy (non-hydrogen) atoms. The van der Waals surface area contributed by atoms with Crippen molar-refractivity contribution in [2.24, 2.45) is 0 Å². The first kappa shape index (κ1) is 15.7. The van der Waals surface area contributed by atoms with Gasteiger partial charge in [-0.05, 0) is 44.4 Å². The van der Waals surface area contributed by atoms with Crippen LogP contribution in [0.15, 0.2) is 43.1 Å². The third-order valence-corrected chi connectivity index (χ3v) is 4.91. The molecule has 0 spiro atoms. The van der Waals surface area contributed by atoms with Gasteiger partial charge in [0.15, 0.2) is 0 Å². The molecule has 0 amide bonds. The number of hydrogen-bond acceptors (Lipinski definition) is 6. The zero-order chi connectivity index (χ0) is 17.2. The number of rotatable bonds is 4. The van der Waals surface area contributed by atoms with Crippen LogP contribution >= 0.6 is 0 Å². The molecule has 1 fully saturated rings. The van der Waals surface area contributed by atoms with Gasteiger partial charge in [-0.2, -0.15) is 0 Å². The standard InChI is InChI=1S/C19H22N6/c1-13-5-6-14(2)25(13)18-8-16-17(11-21-18)23-12-24-19(16)22-10-15-4-3-7-20-9-15/h3-4,7-9,11-14H,5-6,10H2,1-2H3,(H,22,23,24). The van der Waals surface area contributed by atoms with Crippen molar-refractivity contribution >= 4 is 22.5 Å². The summed E-state index contributed by atoms with van der Waals surface area (Å²) < 4.78 is 0. The molecule has 128 valence electrons. The number of anilines is 2. The van der Waals surface area contributed by atoms with Gasteiger partial charge in [-0.1, -0.05) is 6.07 Å². The highest BCUT2D eigenvalue weighted by Crippen LogP contribution is 2.31. The van der Waals surface area contributed by atoms with Gasteiger partial charge >= 0.3 is 0 Å². The molecule has 1 aliphatic heterocycles. The highest BCUT2D eigenvalue weighted by molar-refractivity contribution is 5.90. The number of hydrogen-bond donors (Lipinski definition) is 1. The molecule has 6 nitrogen and oxygen atoms in total. The van der Waals surface area contributed by atoms with Crippen molar-refractivity contribution in [1.82, 2.24) is 19.9 Å². The number of nitrogens with one attached hydrogen (secondary N) is 1. The predicted molar refractivity (Wildman–Crippen MR) is 99.5 cm³/mol. The Morgan fingerprint density at radius 2 is 1.96 bits per heavy atom. The van der Waals surface area contributed by atoms with E-state index >= 15 is 0 Å². The van der Waals surface area contributed by atoms with E-state index in [1.807, 2.05) is 24.5 Å². The van der Waals surface area contributed by atoms with E-state index in [1.54, 1.807) is 12.5 Å². The first-order valence-corrected chi connectivity index (χ1v) is 8.74. The maximum absolute atomic E-state index is 4.65. The number of fused-ring (bicyclic) bond motifs is 1. The van der Waals surface area contributed by atoms with Gasteiger partial charge in [0, 0.05) is 36.4 Å². The first-order valence-electron chi connectivity index (χ1n) is 8.74. The van der Waals surface area contributed by atoms with Crippen molar-refractivity contribution in [3.63, 3.8) is 0 Å². The van der Waals surface area contributed by atoms with Gasteiger partial charge in [0.2, 0.25) is 0 Å². The van der Waals surface area contributed by atoms with Gasteiger partial charge in [0.05, 0.1) is 11.7 Å². The summed E-state index contributed by atoms with van der Waals surface area (Å²) >= 11 is 0. The second-order valence-electron chi connectivity index (χ2n) is 6.68. The van der Waals surface area contributed by atoms with Gasteiger partial charge in [-0.15, -0.1) is 0 Å². The van der Waals surface area contributed by atoms with E-state index in [1.165, 1.54) is 12.8 Å². The van der Waals surface area contributed by atoms with Crippen molar-refractivity contribution in [2.75, 3.05) is 10.2 Å². The highest BCUT2D eigenvalue weighted by Gasteiger charge is 2.28. The number of aromatic nitrogens is 4. The zero-order valence-electron chi connectivity index (χ0n) is 14.6. The summed E-state index contributed by atoms with van der Waals surface area (Å²) in [5.74, 6) is 1.83. The van der Waals surface area contributed by atoms with E-state index < -0.39 is 0 Å². The van der Waals surface area contributed by atoms with Crippen molar-refractivity contribution in [1.29, 1.82) is 0 Å². The molecule has 4 rings (SSSR count). The fraction of sp³-hybridized carbons (Fsp3) is 0.368. The molecular formula is C19H22N6. The smallest absolute Gasteiger partial charge is 0.137 e. The first-order chi connectivity index (χ1) is 12.2. The van der Waals surface area contributed by atoms with Crippen LogP contribution in [0.5, 0.6) is 0 Å². The lowest BCUT2D eigenvalue weighted by atomic mass is 10.2. The minimum Gasteiger partial charge on any atom is -0.365 e. The average Bonchev–Trinajstić information content (AvgIpc) is 2.99. The molecule has 0 aliphatic carbocycles. The molecule has 2 unspecified atom stereocenters. The minimum atomic E-state index is 0.511. The quantitative estimate of drug-likeness (QED) is 0.789. The molecule has 1 N–H and O–H groups in total. The molecule has 6 heteroatoms. The van der Waals surface area contributed by atoms with Crippen molar-refractivity contribution in [3.8, 4) is 0 Å². The summed E-state index contributed by atoms with van der Waals surface area (Å²) in [6.45, 7) is 5.20. The lowest BCUT2D eigenvalue weighted by Gasteiger charge is -2.27. The number of nitrogens with zero attached hydrogens (tertiary/aromatic N) is 5. The maximum Gasteiger partial charge on any atom is 0.137 e. The van der Waals surface area contributed by atoms with E-state index in [2.05, 4.69) is 50.1 Å². The summed E-state index contributed by atoms with van der Waals surface area (Å²) in [5, 5.41) is 4.41. The molecule has 0 aromatic carbocycles. The number of pyridine rings is 2. The summed E-state index contributed by atoms with van der Waals surface area (Å²) in [5.41, 5.74) is 1.97. The molecule has 0 bridgehead atoms. The van der Waals surface area contributed by atoms with Crippen LogP contribution in [-0.2, 0) is 6.54 Å². The zero-order valence-corrected chi connectivity index (χ0v) is 14.6. The van der Waals surface area contributed by atoms with Crippen molar-refractivity contribution < 1.29 is 0 Å². The van der Waals surface area contributed by atoms with Crippen LogP contribution in [-0.4, -0.2) is 32.0 Å². The molecular weight excluding hydrogens is 312 g/mol. The summed E-state index contributed by atoms with van der Waals surface area (Å²) in [4.78, 5) is 20.0. The predicted octanol–water partition coefficient (Wildman–Crippen LogP) is 3.41. The normalized spacial score (nSPS) is 20.2. The molecule has 3 aromatic heterocycles. The summed E-state index contributed by atoms with van der Waals surface area (Å²) in [6.07, 6.45) is 9.48. The van der Waals surface area contributed by atoms with Crippen molar-refractivity contribution in [2.45, 2.75) is 45.3 Å². The van der Waals surface area contributed by atoms with E-state index in [0.717, 1.165) is 28.1 Å². The second-order valence-corrected chi connectivity index (χ2v) is 6.68. The molecule has 1 aliphatic rings. The molecule has 4 heterocycles. The topological polar surface area (TPSA) is 66.8 Å². The van der Waals surface area contributed by atoms with E-state index in [0.29, 0.717) is 18.6 Å². The Kier molecular flexibility index (Phi) is 4.17. The fourth-order valence-corrected chi connectivity index (χ4v) is 3.57. The van der Waals surface area contributed by atoms with Gasteiger partial charge in [-0.3, -0.25) is 4.98 Å². The molecule has 1 saturated heterocycles. The highest BCUT2D eigenvalue weighted by atomic mass is 15.2. The van der Waals surface area contributed by atoms with Crippen LogP contribution in [0.2, 0.25) is 0 Å². The van der Waals surface area contributed by atoms with E-state index in [9.17, 15) is 0 Å². The Labute approximate surface area is 147 Å². The Hall–Kier alpha value is -2.76. The molecule has 0 saturated carbocycles. The van der Waals surface area contributed by atoms with Crippen LogP contribution in [0.25, 0.3) is 10.9 Å². The van der Waals surface area contributed by atoms with E-state index in [-0.39, 0.29) is 0 Å². The minimum absolute atomic E-state index is 0.511. The van der Waals surface area contributed by atoms with E-state index in [4.69, 9.17) is 0 Å². The lowest BCUT2D eigenvalue weighted by Crippen LogP contribution is -2.33. The molecule has 2 atom stereocenters. The molecule has 3 aromatic rings. The Morgan fingerprint density at radius 1 is 1.12 bits per heavy atom. The van der Waals surface area contributed by atoms with Gasteiger partial charge in [0.1, 0.15) is 18.0 Å². The SMILES string of the molecule is CC1CCC(C)N1c1cc2c(NCc3cccnc3)ncnc2cn1. The Morgan fingerprint density at radius 3 is 2.72 bits per heavy atom. The fourth-order valence-electron chi connectivity index (χ4n) is 3.57. The lowest BCUT2D eigenvalue weighted by molar-refractivity contribution is 0.684. The third-order valence-electron chi connectivity index (χ3n) is 4.91. The van der Waals surface area contributed by atoms with Crippen LogP contribution in [0, 0.1) is 0 Å².